The van der Waals surface area contributed by atoms with Crippen LogP contribution in [0.4, 0.5) is 0 Å². The van der Waals surface area contributed by atoms with Gasteiger partial charge in [0.25, 0.3) is 0 Å². The van der Waals surface area contributed by atoms with Crippen molar-refractivity contribution in [3.05, 3.63) is 47.8 Å². The first-order valence-electron chi connectivity index (χ1n) is 6.28. The van der Waals surface area contributed by atoms with E-state index in [9.17, 15) is 0 Å². The average molecular weight is 252 g/mol. The Morgan fingerprint density at radius 1 is 1.26 bits per heavy atom. The molecule has 1 aromatic carbocycles. The maximum absolute atomic E-state index is 5.69. The van der Waals surface area contributed by atoms with Gasteiger partial charge in [0.15, 0.2) is 0 Å². The number of nitrogens with zero attached hydrogens (tertiary/aromatic N) is 3. The minimum Gasteiger partial charge on any atom is -0.327 e. The molecule has 0 saturated carbocycles. The second-order valence-corrected chi connectivity index (χ2v) is 4.66. The molecule has 0 unspecified atom stereocenters. The molecule has 0 radical (unpaired) electrons. The molecule has 2 heterocycles. The van der Waals surface area contributed by atoms with Crippen LogP contribution < -0.4 is 5.73 Å². The zero-order valence-corrected chi connectivity index (χ0v) is 11.1. The van der Waals surface area contributed by atoms with E-state index in [4.69, 9.17) is 10.7 Å². The van der Waals surface area contributed by atoms with E-state index in [1.165, 1.54) is 0 Å². The minimum atomic E-state index is 0.544. The van der Waals surface area contributed by atoms with Crippen molar-refractivity contribution in [2.45, 2.75) is 13.5 Å². The molecular formula is C15H16N4. The summed E-state index contributed by atoms with van der Waals surface area (Å²) in [5.41, 5.74) is 10.9. The van der Waals surface area contributed by atoms with Crippen molar-refractivity contribution in [3.8, 4) is 11.4 Å². The van der Waals surface area contributed by atoms with Gasteiger partial charge in [-0.25, -0.2) is 4.98 Å². The normalized spacial score (nSPS) is 11.1. The van der Waals surface area contributed by atoms with Crippen LogP contribution in [0.2, 0.25) is 0 Å². The quantitative estimate of drug-likeness (QED) is 0.762. The zero-order chi connectivity index (χ0) is 13.4. The number of aryl methyl sites for hydroxylation is 2. The van der Waals surface area contributed by atoms with Crippen LogP contribution in [0.5, 0.6) is 0 Å². The van der Waals surface area contributed by atoms with Crippen LogP contribution >= 0.6 is 0 Å². The third kappa shape index (κ3) is 1.90. The van der Waals surface area contributed by atoms with Gasteiger partial charge in [-0.1, -0.05) is 6.07 Å². The van der Waals surface area contributed by atoms with Crippen LogP contribution in [0.3, 0.4) is 0 Å². The number of hydrogen-bond donors (Lipinski definition) is 1. The Labute approximate surface area is 111 Å². The fourth-order valence-corrected chi connectivity index (χ4v) is 2.32. The van der Waals surface area contributed by atoms with E-state index < -0.39 is 0 Å². The molecule has 0 amide bonds. The van der Waals surface area contributed by atoms with Gasteiger partial charge in [0, 0.05) is 31.0 Å². The van der Waals surface area contributed by atoms with Gasteiger partial charge < -0.3 is 10.3 Å². The molecule has 96 valence electrons. The lowest BCUT2D eigenvalue weighted by atomic mass is 10.2. The maximum atomic E-state index is 5.69. The number of benzene rings is 1. The third-order valence-corrected chi connectivity index (χ3v) is 3.43. The summed E-state index contributed by atoms with van der Waals surface area (Å²) in [6, 6.07) is 10.1. The predicted molar refractivity (Wildman–Crippen MR) is 76.6 cm³/mol. The summed E-state index contributed by atoms with van der Waals surface area (Å²) in [6.45, 7) is 2.54. The summed E-state index contributed by atoms with van der Waals surface area (Å²) in [7, 11) is 2.03. The van der Waals surface area contributed by atoms with Gasteiger partial charge in [0.2, 0.25) is 0 Å². The molecule has 0 bridgehead atoms. The molecular weight excluding hydrogens is 236 g/mol. The molecule has 4 nitrogen and oxygen atoms in total. The fraction of sp³-hybridized carbons (Fsp3) is 0.200. The summed E-state index contributed by atoms with van der Waals surface area (Å²) in [5.74, 6) is 0.940. The number of nitrogens with two attached hydrogens (primary N) is 1. The van der Waals surface area contributed by atoms with Crippen LogP contribution in [-0.2, 0) is 13.6 Å². The highest BCUT2D eigenvalue weighted by Gasteiger charge is 2.12. The smallest absolute Gasteiger partial charge is 0.142 e. The van der Waals surface area contributed by atoms with Gasteiger partial charge in [-0.2, -0.15) is 0 Å². The summed E-state index contributed by atoms with van der Waals surface area (Å²) in [6.07, 6.45) is 1.80. The van der Waals surface area contributed by atoms with Crippen molar-refractivity contribution in [1.29, 1.82) is 0 Å². The van der Waals surface area contributed by atoms with Gasteiger partial charge in [-0.05, 0) is 36.8 Å². The first-order valence-corrected chi connectivity index (χ1v) is 6.28. The number of aromatic nitrogens is 3. The van der Waals surface area contributed by atoms with Gasteiger partial charge in [0.1, 0.15) is 5.82 Å². The zero-order valence-electron chi connectivity index (χ0n) is 11.1. The monoisotopic (exact) mass is 252 g/mol. The molecule has 0 aliphatic carbocycles. The summed E-state index contributed by atoms with van der Waals surface area (Å²) >= 11 is 0. The number of hydrogen-bond acceptors (Lipinski definition) is 3. The molecule has 0 aliphatic heterocycles. The molecule has 0 atom stereocenters. The van der Waals surface area contributed by atoms with Crippen LogP contribution in [0.15, 0.2) is 36.5 Å². The second kappa shape index (κ2) is 4.48. The Hall–Kier alpha value is -2.20. The molecule has 3 rings (SSSR count). The van der Waals surface area contributed by atoms with Crippen molar-refractivity contribution in [2.24, 2.45) is 12.8 Å². The first kappa shape index (κ1) is 11.9. The highest BCUT2D eigenvalue weighted by molar-refractivity contribution is 5.81. The van der Waals surface area contributed by atoms with Crippen LogP contribution in [0.1, 0.15) is 11.3 Å². The summed E-state index contributed by atoms with van der Waals surface area (Å²) < 4.78 is 2.10. The van der Waals surface area contributed by atoms with Gasteiger partial charge in [0.05, 0.1) is 11.0 Å². The number of imidazole rings is 1. The molecule has 0 spiro atoms. The van der Waals surface area contributed by atoms with Gasteiger partial charge >= 0.3 is 0 Å². The van der Waals surface area contributed by atoms with Crippen LogP contribution in [0.25, 0.3) is 22.4 Å². The Balaban J connectivity index is 2.26. The molecule has 0 aliphatic rings. The largest absolute Gasteiger partial charge is 0.327 e. The lowest BCUT2D eigenvalue weighted by Gasteiger charge is -2.05. The lowest BCUT2D eigenvalue weighted by Crippen LogP contribution is -1.97. The standard InChI is InChI=1S/C15H16N4/c1-10-12(4-3-7-17-10)15-18-13-6-5-11(9-16)8-14(13)19(15)2/h3-8H,9,16H2,1-2H3. The Kier molecular flexibility index (Phi) is 2.80. The molecule has 19 heavy (non-hydrogen) atoms. The number of fused-ring (bicyclic) bond motifs is 1. The molecule has 0 fully saturated rings. The SMILES string of the molecule is Cc1ncccc1-c1nc2ccc(CN)cc2n1C. The van der Waals surface area contributed by atoms with Gasteiger partial charge in [-0.15, -0.1) is 0 Å². The third-order valence-electron chi connectivity index (χ3n) is 3.43. The van der Waals surface area contributed by atoms with E-state index in [1.54, 1.807) is 6.20 Å². The number of rotatable bonds is 2. The Bertz CT molecular complexity index is 743. The molecule has 2 aromatic heterocycles. The van der Waals surface area contributed by atoms with E-state index >= 15 is 0 Å². The van der Waals surface area contributed by atoms with Crippen molar-refractivity contribution in [1.82, 2.24) is 14.5 Å². The Morgan fingerprint density at radius 2 is 2.11 bits per heavy atom. The van der Waals surface area contributed by atoms with Crippen molar-refractivity contribution in [2.75, 3.05) is 0 Å². The first-order chi connectivity index (χ1) is 9.20. The highest BCUT2D eigenvalue weighted by atomic mass is 15.1. The molecule has 0 saturated heterocycles. The summed E-state index contributed by atoms with van der Waals surface area (Å²) in [5, 5.41) is 0. The van der Waals surface area contributed by atoms with Crippen molar-refractivity contribution >= 4 is 11.0 Å². The topological polar surface area (TPSA) is 56.7 Å². The molecule has 4 heteroatoms. The molecule has 3 aromatic rings. The lowest BCUT2D eigenvalue weighted by molar-refractivity contribution is 0.951. The fourth-order valence-electron chi connectivity index (χ4n) is 2.32. The van der Waals surface area contributed by atoms with Crippen molar-refractivity contribution in [3.63, 3.8) is 0 Å². The van der Waals surface area contributed by atoms with E-state index in [0.717, 1.165) is 33.7 Å². The van der Waals surface area contributed by atoms with E-state index in [0.29, 0.717) is 6.54 Å². The van der Waals surface area contributed by atoms with E-state index in [2.05, 4.69) is 15.6 Å². The van der Waals surface area contributed by atoms with Crippen molar-refractivity contribution < 1.29 is 0 Å². The van der Waals surface area contributed by atoms with Gasteiger partial charge in [-0.3, -0.25) is 4.98 Å². The highest BCUT2D eigenvalue weighted by Crippen LogP contribution is 2.25. The van der Waals surface area contributed by atoms with E-state index in [-0.39, 0.29) is 0 Å². The summed E-state index contributed by atoms with van der Waals surface area (Å²) in [4.78, 5) is 9.03. The minimum absolute atomic E-state index is 0.544. The number of pyridine rings is 1. The maximum Gasteiger partial charge on any atom is 0.142 e. The van der Waals surface area contributed by atoms with E-state index in [1.807, 2.05) is 38.2 Å². The average Bonchev–Trinajstić information content (AvgIpc) is 2.76. The molecule has 2 N–H and O–H groups in total. The van der Waals surface area contributed by atoms with Crippen LogP contribution in [-0.4, -0.2) is 14.5 Å². The van der Waals surface area contributed by atoms with Crippen LogP contribution in [0, 0.1) is 6.92 Å². The predicted octanol–water partition coefficient (Wildman–Crippen LogP) is 2.40. The Morgan fingerprint density at radius 3 is 2.84 bits per heavy atom. The second-order valence-electron chi connectivity index (χ2n) is 4.66.